The molecule has 2 rings (SSSR count). The fourth-order valence-electron chi connectivity index (χ4n) is 2.82. The molecule has 2 aromatic rings. The monoisotopic (exact) mass is 382 g/mol. The minimum Gasteiger partial charge on any atom is -0.465 e. The van der Waals surface area contributed by atoms with E-state index in [1.807, 2.05) is 0 Å². The summed E-state index contributed by atoms with van der Waals surface area (Å²) in [5.41, 5.74) is 0.409. The molecule has 6 heteroatoms. The van der Waals surface area contributed by atoms with Crippen molar-refractivity contribution >= 4 is 23.5 Å². The van der Waals surface area contributed by atoms with Gasteiger partial charge in [0.15, 0.2) is 11.6 Å². The van der Waals surface area contributed by atoms with Gasteiger partial charge >= 0.3 is 11.9 Å². The molecule has 28 heavy (non-hydrogen) atoms. The first kappa shape index (κ1) is 21.0. The van der Waals surface area contributed by atoms with Crippen molar-refractivity contribution in [2.75, 3.05) is 13.2 Å². The first-order chi connectivity index (χ1) is 13.5. The van der Waals surface area contributed by atoms with Crippen LogP contribution in [0.15, 0.2) is 60.7 Å². The molecule has 0 aliphatic carbocycles. The van der Waals surface area contributed by atoms with E-state index in [-0.39, 0.29) is 24.3 Å². The summed E-state index contributed by atoms with van der Waals surface area (Å²) in [7, 11) is 0. The third-order valence-electron chi connectivity index (χ3n) is 4.10. The molecule has 0 radical (unpaired) electrons. The van der Waals surface area contributed by atoms with E-state index in [0.29, 0.717) is 0 Å². The van der Waals surface area contributed by atoms with Gasteiger partial charge in [-0.05, 0) is 13.8 Å². The largest absolute Gasteiger partial charge is 0.465 e. The highest BCUT2D eigenvalue weighted by molar-refractivity contribution is 6.19. The molecule has 2 aromatic carbocycles. The number of Topliss-reactive ketones (excluding diaryl/α,β-unsaturated/α-hetero) is 2. The SMILES string of the molecule is CCOC(=O)[C@H](C(=O)c1ccccc1)[C@@H](C(=O)OCC)C(=O)c1ccccc1. The Morgan fingerprint density at radius 3 is 1.25 bits per heavy atom. The summed E-state index contributed by atoms with van der Waals surface area (Å²) in [6.07, 6.45) is 0. The van der Waals surface area contributed by atoms with Gasteiger partial charge in [-0.25, -0.2) is 0 Å². The first-order valence-corrected chi connectivity index (χ1v) is 9.03. The molecule has 0 aliphatic rings. The van der Waals surface area contributed by atoms with Crippen LogP contribution in [0.2, 0.25) is 0 Å². The van der Waals surface area contributed by atoms with Crippen LogP contribution < -0.4 is 0 Å². The number of hydrogen-bond donors (Lipinski definition) is 0. The van der Waals surface area contributed by atoms with Crippen molar-refractivity contribution in [1.82, 2.24) is 0 Å². The van der Waals surface area contributed by atoms with Crippen molar-refractivity contribution in [3.05, 3.63) is 71.8 Å². The zero-order valence-corrected chi connectivity index (χ0v) is 15.8. The highest BCUT2D eigenvalue weighted by Crippen LogP contribution is 2.25. The molecule has 0 aliphatic heterocycles. The maximum atomic E-state index is 13.1. The molecule has 0 saturated heterocycles. The van der Waals surface area contributed by atoms with Crippen LogP contribution in [0.5, 0.6) is 0 Å². The number of carbonyl (C=O) groups excluding carboxylic acids is 4. The molecular weight excluding hydrogens is 360 g/mol. The normalized spacial score (nSPS) is 12.5. The molecule has 0 heterocycles. The number of benzene rings is 2. The fraction of sp³-hybridized carbons (Fsp3) is 0.273. The van der Waals surface area contributed by atoms with Crippen LogP contribution in [0.1, 0.15) is 34.6 Å². The zero-order chi connectivity index (χ0) is 20.5. The van der Waals surface area contributed by atoms with Gasteiger partial charge in [-0.15, -0.1) is 0 Å². The van der Waals surface area contributed by atoms with E-state index in [1.165, 1.54) is 24.3 Å². The Bertz CT molecular complexity index is 757. The average Bonchev–Trinajstić information content (AvgIpc) is 2.72. The minimum atomic E-state index is -1.63. The van der Waals surface area contributed by atoms with Gasteiger partial charge in [0.1, 0.15) is 11.8 Å². The summed E-state index contributed by atoms with van der Waals surface area (Å²) in [4.78, 5) is 51.5. The van der Waals surface area contributed by atoms with Crippen LogP contribution in [-0.4, -0.2) is 36.7 Å². The van der Waals surface area contributed by atoms with Crippen LogP contribution in [-0.2, 0) is 19.1 Å². The predicted molar refractivity (Wildman–Crippen MR) is 102 cm³/mol. The molecule has 0 aromatic heterocycles. The lowest BCUT2D eigenvalue weighted by atomic mass is 9.81. The van der Waals surface area contributed by atoms with E-state index in [1.54, 1.807) is 50.2 Å². The Kier molecular flexibility index (Phi) is 7.63. The minimum absolute atomic E-state index is 0.00642. The average molecular weight is 382 g/mol. The molecular formula is C22H22O6. The third kappa shape index (κ3) is 4.91. The number of ketones is 2. The van der Waals surface area contributed by atoms with Crippen LogP contribution in [0.4, 0.5) is 0 Å². The first-order valence-electron chi connectivity index (χ1n) is 9.03. The van der Waals surface area contributed by atoms with E-state index in [4.69, 9.17) is 9.47 Å². The van der Waals surface area contributed by atoms with Gasteiger partial charge < -0.3 is 9.47 Å². The van der Waals surface area contributed by atoms with Crippen molar-refractivity contribution < 1.29 is 28.7 Å². The van der Waals surface area contributed by atoms with Gasteiger partial charge in [0.2, 0.25) is 0 Å². The fourth-order valence-corrected chi connectivity index (χ4v) is 2.82. The number of rotatable bonds is 9. The number of esters is 2. The lowest BCUT2D eigenvalue weighted by Gasteiger charge is -2.22. The number of carbonyl (C=O) groups is 4. The molecule has 146 valence electrons. The van der Waals surface area contributed by atoms with Crippen LogP contribution >= 0.6 is 0 Å². The molecule has 0 unspecified atom stereocenters. The second-order valence-corrected chi connectivity index (χ2v) is 5.92. The lowest BCUT2D eigenvalue weighted by Crippen LogP contribution is -2.42. The van der Waals surface area contributed by atoms with Crippen molar-refractivity contribution in [2.45, 2.75) is 13.8 Å². The molecule has 0 fully saturated rings. The predicted octanol–water partition coefficient (Wildman–Crippen LogP) is 3.11. The van der Waals surface area contributed by atoms with Crippen LogP contribution in [0, 0.1) is 11.8 Å². The zero-order valence-electron chi connectivity index (χ0n) is 15.8. The highest BCUT2D eigenvalue weighted by Gasteiger charge is 2.46. The summed E-state index contributed by atoms with van der Waals surface area (Å²) < 4.78 is 10.0. The lowest BCUT2D eigenvalue weighted by molar-refractivity contribution is -0.156. The van der Waals surface area contributed by atoms with Gasteiger partial charge in [0, 0.05) is 11.1 Å². The Hall–Kier alpha value is -3.28. The Labute approximate surface area is 163 Å². The molecule has 0 N–H and O–H groups in total. The Morgan fingerprint density at radius 1 is 0.643 bits per heavy atom. The standard InChI is InChI=1S/C22H22O6/c1-3-27-21(25)17(19(23)15-11-7-5-8-12-15)18(22(26)28-4-2)20(24)16-13-9-6-10-14-16/h5-14,17-18H,3-4H2,1-2H3/t17-,18+. The van der Waals surface area contributed by atoms with Crippen molar-refractivity contribution in [1.29, 1.82) is 0 Å². The van der Waals surface area contributed by atoms with Crippen LogP contribution in [0.3, 0.4) is 0 Å². The smallest absolute Gasteiger partial charge is 0.318 e. The summed E-state index contributed by atoms with van der Waals surface area (Å²) in [6, 6.07) is 16.0. The Morgan fingerprint density at radius 2 is 0.964 bits per heavy atom. The molecule has 2 atom stereocenters. The maximum absolute atomic E-state index is 13.1. The van der Waals surface area contributed by atoms with Gasteiger partial charge in [0.25, 0.3) is 0 Å². The second-order valence-electron chi connectivity index (χ2n) is 5.92. The van der Waals surface area contributed by atoms with Crippen molar-refractivity contribution in [3.8, 4) is 0 Å². The number of ether oxygens (including phenoxy) is 2. The third-order valence-corrected chi connectivity index (χ3v) is 4.10. The van der Waals surface area contributed by atoms with Gasteiger partial charge in [-0.3, -0.25) is 19.2 Å². The molecule has 0 amide bonds. The van der Waals surface area contributed by atoms with E-state index in [0.717, 1.165) is 0 Å². The van der Waals surface area contributed by atoms with Crippen molar-refractivity contribution in [3.63, 3.8) is 0 Å². The second kappa shape index (κ2) is 10.2. The van der Waals surface area contributed by atoms with Gasteiger partial charge in [-0.1, -0.05) is 60.7 Å². The molecule has 0 spiro atoms. The quantitative estimate of drug-likeness (QED) is 0.376. The Balaban J connectivity index is 2.54. The van der Waals surface area contributed by atoms with E-state index in [2.05, 4.69) is 0 Å². The summed E-state index contributed by atoms with van der Waals surface area (Å²) in [6.45, 7) is 3.18. The molecule has 6 nitrogen and oxygen atoms in total. The van der Waals surface area contributed by atoms with E-state index >= 15 is 0 Å². The summed E-state index contributed by atoms with van der Waals surface area (Å²) >= 11 is 0. The molecule has 0 saturated carbocycles. The summed E-state index contributed by atoms with van der Waals surface area (Å²) in [5.74, 6) is -6.46. The topological polar surface area (TPSA) is 86.7 Å². The van der Waals surface area contributed by atoms with E-state index < -0.39 is 35.3 Å². The van der Waals surface area contributed by atoms with Crippen LogP contribution in [0.25, 0.3) is 0 Å². The maximum Gasteiger partial charge on any atom is 0.318 e. The van der Waals surface area contributed by atoms with Gasteiger partial charge in [-0.2, -0.15) is 0 Å². The highest BCUT2D eigenvalue weighted by atomic mass is 16.5. The number of hydrogen-bond acceptors (Lipinski definition) is 6. The summed E-state index contributed by atoms with van der Waals surface area (Å²) in [5, 5.41) is 0. The molecule has 0 bridgehead atoms. The van der Waals surface area contributed by atoms with E-state index in [9.17, 15) is 19.2 Å². The van der Waals surface area contributed by atoms with Crippen molar-refractivity contribution in [2.24, 2.45) is 11.8 Å². The van der Waals surface area contributed by atoms with Gasteiger partial charge in [0.05, 0.1) is 13.2 Å².